The Bertz CT molecular complexity index is 800. The summed E-state index contributed by atoms with van der Waals surface area (Å²) in [6, 6.07) is 11.9. The summed E-state index contributed by atoms with van der Waals surface area (Å²) >= 11 is 24.8. The first-order valence-electron chi connectivity index (χ1n) is 10.8. The number of aryl methyl sites for hydroxylation is 2. The van der Waals surface area contributed by atoms with E-state index in [0.29, 0.717) is 38.7 Å². The van der Waals surface area contributed by atoms with Gasteiger partial charge in [0.1, 0.15) is 0 Å². The number of nitrogens with zero attached hydrogens (tertiary/aromatic N) is 1. The number of likely N-dealkylation sites (tertiary alicyclic amines) is 1. The minimum Gasteiger partial charge on any atom is -0.394 e. The van der Waals surface area contributed by atoms with Crippen molar-refractivity contribution in [3.8, 4) is 0 Å². The molecule has 3 atom stereocenters. The van der Waals surface area contributed by atoms with Crippen LogP contribution in [0.25, 0.3) is 0 Å². The van der Waals surface area contributed by atoms with E-state index >= 15 is 0 Å². The Hall–Kier alpha value is -0.520. The average Bonchev–Trinajstić information content (AvgIpc) is 2.73. The van der Waals surface area contributed by atoms with Crippen LogP contribution < -0.4 is 0 Å². The number of rotatable bonds is 9. The van der Waals surface area contributed by atoms with Crippen molar-refractivity contribution >= 4 is 46.4 Å². The Morgan fingerprint density at radius 3 is 1.74 bits per heavy atom. The van der Waals surface area contributed by atoms with Gasteiger partial charge in [-0.05, 0) is 73.9 Å². The molecule has 0 spiro atoms. The quantitative estimate of drug-likeness (QED) is 0.412. The number of hydrogen-bond acceptors (Lipinski definition) is 3. The highest BCUT2D eigenvalue weighted by atomic mass is 35.5. The fraction of sp³-hybridized carbons (Fsp3) is 0.500. The smallest absolute Gasteiger partial charge is 0.0897 e. The molecule has 0 unspecified atom stereocenters. The molecule has 2 N–H and O–H groups in total. The van der Waals surface area contributed by atoms with Gasteiger partial charge in [-0.15, -0.1) is 0 Å². The van der Waals surface area contributed by atoms with Crippen LogP contribution in [-0.2, 0) is 12.8 Å². The molecular formula is C24H29Cl4NO2. The molecule has 0 aliphatic carbocycles. The molecule has 3 rings (SSSR count). The van der Waals surface area contributed by atoms with Gasteiger partial charge in [0.2, 0.25) is 0 Å². The molecule has 170 valence electrons. The molecule has 0 bridgehead atoms. The third-order valence-electron chi connectivity index (χ3n) is 6.17. The number of aliphatic hydroxyl groups is 2. The second-order valence-electron chi connectivity index (χ2n) is 8.32. The summed E-state index contributed by atoms with van der Waals surface area (Å²) in [5.41, 5.74) is 2.17. The molecule has 2 aromatic rings. The molecule has 0 saturated carbocycles. The van der Waals surface area contributed by atoms with Crippen LogP contribution in [0.1, 0.15) is 43.2 Å². The third kappa shape index (κ3) is 7.23. The lowest BCUT2D eigenvalue weighted by Crippen LogP contribution is -2.50. The van der Waals surface area contributed by atoms with E-state index in [1.807, 2.05) is 24.3 Å². The second kappa shape index (κ2) is 12.1. The zero-order chi connectivity index (χ0) is 22.4. The Labute approximate surface area is 204 Å². The summed E-state index contributed by atoms with van der Waals surface area (Å²) in [7, 11) is 0. The SMILES string of the molecule is OC[C@H](O)CN1[C@@H](CCc2ccc(Cl)cc2Cl)CCC[C@H]1CCc1ccc(Cl)cc1Cl. The highest BCUT2D eigenvalue weighted by Gasteiger charge is 2.31. The van der Waals surface area contributed by atoms with E-state index in [9.17, 15) is 10.2 Å². The molecule has 0 radical (unpaired) electrons. The molecule has 1 fully saturated rings. The summed E-state index contributed by atoms with van der Waals surface area (Å²) in [4.78, 5) is 2.39. The summed E-state index contributed by atoms with van der Waals surface area (Å²) < 4.78 is 0. The first kappa shape index (κ1) is 25.1. The molecule has 0 amide bonds. The van der Waals surface area contributed by atoms with Crippen molar-refractivity contribution in [2.45, 2.75) is 63.1 Å². The van der Waals surface area contributed by atoms with Gasteiger partial charge in [0, 0.05) is 38.7 Å². The highest BCUT2D eigenvalue weighted by Crippen LogP contribution is 2.31. The molecule has 1 saturated heterocycles. The summed E-state index contributed by atoms with van der Waals surface area (Å²) in [6.07, 6.45) is 6.12. The largest absolute Gasteiger partial charge is 0.394 e. The lowest BCUT2D eigenvalue weighted by molar-refractivity contribution is 0.00214. The molecule has 1 aliphatic heterocycles. The van der Waals surface area contributed by atoms with Crippen molar-refractivity contribution in [1.29, 1.82) is 0 Å². The topological polar surface area (TPSA) is 43.7 Å². The zero-order valence-corrected chi connectivity index (χ0v) is 20.4. The minimum absolute atomic E-state index is 0.234. The predicted octanol–water partition coefficient (Wildman–Crippen LogP) is 6.44. The zero-order valence-electron chi connectivity index (χ0n) is 17.4. The predicted molar refractivity (Wildman–Crippen MR) is 131 cm³/mol. The first-order chi connectivity index (χ1) is 14.9. The maximum atomic E-state index is 10.2. The van der Waals surface area contributed by atoms with Gasteiger partial charge in [-0.1, -0.05) is 65.0 Å². The molecule has 3 nitrogen and oxygen atoms in total. The van der Waals surface area contributed by atoms with Crippen LogP contribution in [-0.4, -0.2) is 46.5 Å². The van der Waals surface area contributed by atoms with Gasteiger partial charge >= 0.3 is 0 Å². The lowest BCUT2D eigenvalue weighted by atomic mass is 9.88. The molecule has 1 heterocycles. The van der Waals surface area contributed by atoms with Crippen LogP contribution in [0.3, 0.4) is 0 Å². The van der Waals surface area contributed by atoms with Gasteiger partial charge in [0.05, 0.1) is 12.7 Å². The van der Waals surface area contributed by atoms with Gasteiger partial charge < -0.3 is 10.2 Å². The summed E-state index contributed by atoms with van der Waals surface area (Å²) in [6.45, 7) is 0.233. The standard InChI is InChI=1S/C24H29Cl4NO2/c25-18-8-4-16(23(27)12-18)6-10-20-2-1-3-21(29(20)14-22(31)15-30)11-7-17-5-9-19(26)13-24(17)28/h4-5,8-9,12-13,20-22,30-31H,1-3,6-7,10-11,14-15H2/t20-,21+,22-/m1/s1. The van der Waals surface area contributed by atoms with E-state index in [-0.39, 0.29) is 6.61 Å². The first-order valence-corrected chi connectivity index (χ1v) is 12.3. The Morgan fingerprint density at radius 1 is 0.839 bits per heavy atom. The van der Waals surface area contributed by atoms with E-state index in [4.69, 9.17) is 46.4 Å². The van der Waals surface area contributed by atoms with Crippen molar-refractivity contribution < 1.29 is 10.2 Å². The average molecular weight is 505 g/mol. The van der Waals surface area contributed by atoms with Crippen LogP contribution in [0, 0.1) is 0 Å². The van der Waals surface area contributed by atoms with Crippen molar-refractivity contribution in [1.82, 2.24) is 4.90 Å². The van der Waals surface area contributed by atoms with Gasteiger partial charge in [-0.3, -0.25) is 4.90 Å². The number of benzene rings is 2. The maximum absolute atomic E-state index is 10.2. The van der Waals surface area contributed by atoms with E-state index in [0.717, 1.165) is 56.1 Å². The van der Waals surface area contributed by atoms with Crippen molar-refractivity contribution in [2.75, 3.05) is 13.2 Å². The van der Waals surface area contributed by atoms with Crippen LogP contribution in [0.4, 0.5) is 0 Å². The van der Waals surface area contributed by atoms with Crippen LogP contribution in [0.5, 0.6) is 0 Å². The number of aliphatic hydroxyl groups excluding tert-OH is 2. The normalized spacial score (nSPS) is 20.7. The van der Waals surface area contributed by atoms with E-state index < -0.39 is 6.10 Å². The Balaban J connectivity index is 1.68. The fourth-order valence-corrected chi connectivity index (χ4v) is 5.54. The van der Waals surface area contributed by atoms with Crippen molar-refractivity contribution in [2.24, 2.45) is 0 Å². The minimum atomic E-state index is -0.749. The number of β-amino-alcohol motifs (C(OH)–C–C–N with tert-alkyl or cyclic N) is 1. The van der Waals surface area contributed by atoms with E-state index in [1.165, 1.54) is 0 Å². The summed E-state index contributed by atoms with van der Waals surface area (Å²) in [5, 5.41) is 22.3. The van der Waals surface area contributed by atoms with E-state index in [1.54, 1.807) is 12.1 Å². The van der Waals surface area contributed by atoms with E-state index in [2.05, 4.69) is 4.90 Å². The second-order valence-corrected chi connectivity index (χ2v) is 10.0. The Morgan fingerprint density at radius 2 is 1.32 bits per heavy atom. The highest BCUT2D eigenvalue weighted by molar-refractivity contribution is 6.35. The lowest BCUT2D eigenvalue weighted by Gasteiger charge is -2.43. The van der Waals surface area contributed by atoms with Crippen LogP contribution >= 0.6 is 46.4 Å². The van der Waals surface area contributed by atoms with Crippen molar-refractivity contribution in [3.63, 3.8) is 0 Å². The summed E-state index contributed by atoms with van der Waals surface area (Å²) in [5.74, 6) is 0. The van der Waals surface area contributed by atoms with Gasteiger partial charge in [0.15, 0.2) is 0 Å². The monoisotopic (exact) mass is 503 g/mol. The van der Waals surface area contributed by atoms with Gasteiger partial charge in [0.25, 0.3) is 0 Å². The molecule has 0 aromatic heterocycles. The Kier molecular flexibility index (Phi) is 9.79. The van der Waals surface area contributed by atoms with Gasteiger partial charge in [-0.25, -0.2) is 0 Å². The fourth-order valence-electron chi connectivity index (χ4n) is 4.53. The van der Waals surface area contributed by atoms with Crippen LogP contribution in [0.15, 0.2) is 36.4 Å². The third-order valence-corrected chi connectivity index (χ3v) is 7.34. The number of piperidine rings is 1. The number of hydrogen-bond donors (Lipinski definition) is 2. The number of halogens is 4. The van der Waals surface area contributed by atoms with Crippen molar-refractivity contribution in [3.05, 3.63) is 67.6 Å². The maximum Gasteiger partial charge on any atom is 0.0897 e. The van der Waals surface area contributed by atoms with Crippen LogP contribution in [0.2, 0.25) is 20.1 Å². The molecule has 31 heavy (non-hydrogen) atoms. The molecule has 7 heteroatoms. The molecule has 1 aliphatic rings. The molecular weight excluding hydrogens is 476 g/mol. The molecule has 2 aromatic carbocycles. The van der Waals surface area contributed by atoms with Gasteiger partial charge in [-0.2, -0.15) is 0 Å².